The lowest BCUT2D eigenvalue weighted by Crippen LogP contribution is -2.44. The molecule has 0 atom stereocenters. The summed E-state index contributed by atoms with van der Waals surface area (Å²) in [5, 5.41) is 5.36. The Morgan fingerprint density at radius 1 is 1.03 bits per heavy atom. The van der Waals surface area contributed by atoms with E-state index in [2.05, 4.69) is 15.2 Å². The molecule has 0 spiro atoms. The smallest absolute Gasteiger partial charge is 0.371 e. The number of piperidine rings is 1. The first-order valence-electron chi connectivity index (χ1n) is 12.0. The molecule has 3 aromatic rings. The first kappa shape index (κ1) is 25.0. The summed E-state index contributed by atoms with van der Waals surface area (Å²) in [6.45, 7) is 3.55. The molecule has 3 heterocycles. The van der Waals surface area contributed by atoms with Gasteiger partial charge in [-0.25, -0.2) is 4.98 Å². The summed E-state index contributed by atoms with van der Waals surface area (Å²) in [7, 11) is 0. The molecular weight excluding hydrogens is 509 g/mol. The van der Waals surface area contributed by atoms with Crippen LogP contribution >= 0.6 is 22.9 Å². The summed E-state index contributed by atoms with van der Waals surface area (Å²) < 4.78 is 41.1. The highest BCUT2D eigenvalue weighted by molar-refractivity contribution is 7.14. The van der Waals surface area contributed by atoms with E-state index in [1.807, 2.05) is 17.0 Å². The van der Waals surface area contributed by atoms with Crippen LogP contribution in [0.5, 0.6) is 0 Å². The molecule has 0 aliphatic carbocycles. The van der Waals surface area contributed by atoms with E-state index in [0.717, 1.165) is 43.6 Å². The van der Waals surface area contributed by atoms with E-state index in [-0.39, 0.29) is 5.56 Å². The number of aromatic nitrogens is 1. The van der Waals surface area contributed by atoms with Gasteiger partial charge in [-0.2, -0.15) is 13.2 Å². The first-order valence-corrected chi connectivity index (χ1v) is 13.3. The van der Waals surface area contributed by atoms with E-state index < -0.39 is 17.6 Å². The lowest BCUT2D eigenvalue weighted by atomic mass is 10.0. The Morgan fingerprint density at radius 3 is 2.39 bits per heavy atom. The van der Waals surface area contributed by atoms with Gasteiger partial charge in [0.05, 0.1) is 11.3 Å². The van der Waals surface area contributed by atoms with E-state index in [4.69, 9.17) is 11.6 Å². The van der Waals surface area contributed by atoms with Gasteiger partial charge in [-0.05, 0) is 69.1 Å². The lowest BCUT2D eigenvalue weighted by molar-refractivity contribution is -0.137. The van der Waals surface area contributed by atoms with Crippen molar-refractivity contribution in [1.82, 2.24) is 9.88 Å². The van der Waals surface area contributed by atoms with Crippen LogP contribution in [0.1, 0.15) is 41.6 Å². The molecule has 2 aromatic carbocycles. The van der Waals surface area contributed by atoms with Crippen molar-refractivity contribution >= 4 is 39.7 Å². The Kier molecular flexibility index (Phi) is 7.23. The Balaban J connectivity index is 1.33. The molecule has 190 valence electrons. The molecule has 2 aliphatic rings. The third kappa shape index (κ3) is 5.68. The fourth-order valence-electron chi connectivity index (χ4n) is 4.94. The summed E-state index contributed by atoms with van der Waals surface area (Å²) in [5.74, 6) is -0.619. The van der Waals surface area contributed by atoms with Crippen molar-refractivity contribution < 1.29 is 18.0 Å². The van der Waals surface area contributed by atoms with Gasteiger partial charge in [-0.3, -0.25) is 10.1 Å². The molecule has 2 fully saturated rings. The second-order valence-electron chi connectivity index (χ2n) is 9.23. The van der Waals surface area contributed by atoms with Crippen LogP contribution in [0.25, 0.3) is 11.3 Å². The minimum absolute atomic E-state index is 0.0373. The van der Waals surface area contributed by atoms with E-state index in [1.54, 1.807) is 23.6 Å². The van der Waals surface area contributed by atoms with Crippen LogP contribution in [-0.2, 0) is 6.18 Å². The molecule has 36 heavy (non-hydrogen) atoms. The highest BCUT2D eigenvalue weighted by atomic mass is 35.5. The predicted molar refractivity (Wildman–Crippen MR) is 138 cm³/mol. The molecule has 2 aliphatic heterocycles. The standard InChI is InChI=1S/C26H26ClF3N4OS/c27-20-5-3-17(4-6-20)23-16-36-25(31-23)32-24(35)18-13-19(26(28,29)30)15-22(14-18)34-11-7-21(8-12-34)33-9-1-2-10-33/h3-6,13-16,21H,1-2,7-12H2,(H,31,32,35). The van der Waals surface area contributed by atoms with Crippen molar-refractivity contribution in [2.75, 3.05) is 36.4 Å². The molecule has 1 aromatic heterocycles. The number of hydrogen-bond donors (Lipinski definition) is 1. The maximum absolute atomic E-state index is 13.7. The monoisotopic (exact) mass is 534 g/mol. The zero-order valence-corrected chi connectivity index (χ0v) is 21.1. The number of carbonyl (C=O) groups excluding carboxylic acids is 1. The van der Waals surface area contributed by atoms with Crippen LogP contribution in [0, 0.1) is 0 Å². The van der Waals surface area contributed by atoms with Crippen molar-refractivity contribution in [1.29, 1.82) is 0 Å². The molecule has 0 radical (unpaired) electrons. The van der Waals surface area contributed by atoms with E-state index in [0.29, 0.717) is 40.7 Å². The fourth-order valence-corrected chi connectivity index (χ4v) is 5.78. The maximum atomic E-state index is 13.7. The van der Waals surface area contributed by atoms with Crippen molar-refractivity contribution in [2.24, 2.45) is 0 Å². The Hall–Kier alpha value is -2.62. The third-order valence-corrected chi connectivity index (χ3v) is 7.87. The predicted octanol–water partition coefficient (Wildman–Crippen LogP) is 6.80. The van der Waals surface area contributed by atoms with Crippen LogP contribution in [0.3, 0.4) is 0 Å². The Morgan fingerprint density at radius 2 is 1.72 bits per heavy atom. The highest BCUT2D eigenvalue weighted by Gasteiger charge is 2.33. The summed E-state index contributed by atoms with van der Waals surface area (Å²) in [5.41, 5.74) is 1.04. The van der Waals surface area contributed by atoms with Gasteiger partial charge in [-0.15, -0.1) is 11.3 Å². The molecular formula is C26H26ClF3N4OS. The topological polar surface area (TPSA) is 48.5 Å². The van der Waals surface area contributed by atoms with Gasteiger partial charge in [0.15, 0.2) is 5.13 Å². The number of anilines is 2. The summed E-state index contributed by atoms with van der Waals surface area (Å²) >= 11 is 7.14. The Bertz CT molecular complexity index is 1220. The maximum Gasteiger partial charge on any atom is 0.416 e. The molecule has 0 saturated carbocycles. The minimum Gasteiger partial charge on any atom is -0.371 e. The van der Waals surface area contributed by atoms with Gasteiger partial charge in [0, 0.05) is 46.3 Å². The van der Waals surface area contributed by atoms with Crippen molar-refractivity contribution in [3.8, 4) is 11.3 Å². The van der Waals surface area contributed by atoms with E-state index >= 15 is 0 Å². The summed E-state index contributed by atoms with van der Waals surface area (Å²) in [6, 6.07) is 11.2. The normalized spacial score (nSPS) is 17.5. The number of alkyl halides is 3. The molecule has 0 unspecified atom stereocenters. The number of benzene rings is 2. The van der Waals surface area contributed by atoms with Crippen LogP contribution in [-0.4, -0.2) is 48.0 Å². The van der Waals surface area contributed by atoms with Crippen LogP contribution in [0.15, 0.2) is 47.8 Å². The number of nitrogens with zero attached hydrogens (tertiary/aromatic N) is 3. The van der Waals surface area contributed by atoms with Gasteiger partial charge >= 0.3 is 6.18 Å². The van der Waals surface area contributed by atoms with Gasteiger partial charge in [0.2, 0.25) is 0 Å². The molecule has 1 N–H and O–H groups in total. The van der Waals surface area contributed by atoms with Crippen LogP contribution < -0.4 is 10.2 Å². The highest BCUT2D eigenvalue weighted by Crippen LogP contribution is 2.35. The van der Waals surface area contributed by atoms with Gasteiger partial charge in [-0.1, -0.05) is 23.7 Å². The van der Waals surface area contributed by atoms with Gasteiger partial charge in [0.25, 0.3) is 5.91 Å². The van der Waals surface area contributed by atoms with E-state index in [9.17, 15) is 18.0 Å². The second kappa shape index (κ2) is 10.4. The van der Waals surface area contributed by atoms with Gasteiger partial charge in [0.1, 0.15) is 0 Å². The van der Waals surface area contributed by atoms with Crippen molar-refractivity contribution in [2.45, 2.75) is 37.9 Å². The first-order chi connectivity index (χ1) is 17.3. The number of halogens is 4. The summed E-state index contributed by atoms with van der Waals surface area (Å²) in [4.78, 5) is 21.9. The van der Waals surface area contributed by atoms with Crippen molar-refractivity contribution in [3.05, 3.63) is 64.0 Å². The number of rotatable bonds is 5. The number of carbonyl (C=O) groups is 1. The number of nitrogens with one attached hydrogen (secondary N) is 1. The quantitative estimate of drug-likeness (QED) is 0.391. The zero-order valence-electron chi connectivity index (χ0n) is 19.5. The average molecular weight is 535 g/mol. The van der Waals surface area contributed by atoms with Gasteiger partial charge < -0.3 is 9.80 Å². The molecule has 10 heteroatoms. The SMILES string of the molecule is O=C(Nc1nc(-c2ccc(Cl)cc2)cs1)c1cc(N2CCC(N3CCCC3)CC2)cc(C(F)(F)F)c1. The van der Waals surface area contributed by atoms with Crippen LogP contribution in [0.4, 0.5) is 24.0 Å². The molecule has 1 amide bonds. The molecule has 5 nitrogen and oxygen atoms in total. The lowest BCUT2D eigenvalue weighted by Gasteiger charge is -2.38. The molecule has 5 rings (SSSR count). The summed E-state index contributed by atoms with van der Waals surface area (Å²) in [6.07, 6.45) is -0.310. The number of likely N-dealkylation sites (tertiary alicyclic amines) is 1. The van der Waals surface area contributed by atoms with E-state index in [1.165, 1.54) is 24.2 Å². The third-order valence-electron chi connectivity index (χ3n) is 6.86. The number of amides is 1. The molecule has 2 saturated heterocycles. The van der Waals surface area contributed by atoms with Crippen molar-refractivity contribution in [3.63, 3.8) is 0 Å². The zero-order chi connectivity index (χ0) is 25.3. The fraction of sp³-hybridized carbons (Fsp3) is 0.385. The average Bonchev–Trinajstić information content (AvgIpc) is 3.57. The second-order valence-corrected chi connectivity index (χ2v) is 10.5. The number of hydrogen-bond acceptors (Lipinski definition) is 5. The number of thiazole rings is 1. The minimum atomic E-state index is -4.55. The Labute approximate surface area is 216 Å². The van der Waals surface area contributed by atoms with Crippen LogP contribution in [0.2, 0.25) is 5.02 Å². The molecule has 0 bridgehead atoms. The largest absolute Gasteiger partial charge is 0.416 e.